The minimum absolute atomic E-state index is 0.456. The van der Waals surface area contributed by atoms with E-state index < -0.39 is 0 Å². The van der Waals surface area contributed by atoms with Gasteiger partial charge in [-0.3, -0.25) is 4.90 Å². The molecular weight excluding hydrogens is 295 g/mol. The molecule has 1 unspecified atom stereocenters. The number of likely N-dealkylation sites (N-methyl/N-ethyl adjacent to an activating group) is 1. The molecule has 1 atom stereocenters. The SMILES string of the molecule is CNCC(CCN1CCOCC1)c1ccc(Cl)c(Cl)c1. The number of rotatable bonds is 6. The Morgan fingerprint density at radius 1 is 1.25 bits per heavy atom. The third-order valence-corrected chi connectivity index (χ3v) is 4.50. The zero-order valence-electron chi connectivity index (χ0n) is 11.9. The summed E-state index contributed by atoms with van der Waals surface area (Å²) in [5, 5.41) is 4.52. The van der Waals surface area contributed by atoms with Crippen molar-refractivity contribution in [2.45, 2.75) is 12.3 Å². The van der Waals surface area contributed by atoms with Gasteiger partial charge in [-0.1, -0.05) is 29.3 Å². The van der Waals surface area contributed by atoms with Crippen molar-refractivity contribution in [2.75, 3.05) is 46.4 Å². The van der Waals surface area contributed by atoms with E-state index in [0.29, 0.717) is 16.0 Å². The summed E-state index contributed by atoms with van der Waals surface area (Å²) in [5.74, 6) is 0.456. The van der Waals surface area contributed by atoms with Crippen LogP contribution in [0.25, 0.3) is 0 Å². The molecule has 1 saturated heterocycles. The van der Waals surface area contributed by atoms with E-state index >= 15 is 0 Å². The molecule has 1 aliphatic heterocycles. The van der Waals surface area contributed by atoms with Crippen molar-refractivity contribution in [1.82, 2.24) is 10.2 Å². The third-order valence-electron chi connectivity index (χ3n) is 3.76. The molecule has 1 N–H and O–H groups in total. The van der Waals surface area contributed by atoms with Gasteiger partial charge in [0.1, 0.15) is 0 Å². The molecule has 0 aromatic heterocycles. The van der Waals surface area contributed by atoms with E-state index in [2.05, 4.69) is 16.3 Å². The Labute approximate surface area is 131 Å². The van der Waals surface area contributed by atoms with Crippen LogP contribution in [0.3, 0.4) is 0 Å². The zero-order chi connectivity index (χ0) is 14.4. The van der Waals surface area contributed by atoms with Gasteiger partial charge in [-0.15, -0.1) is 0 Å². The van der Waals surface area contributed by atoms with Gasteiger partial charge < -0.3 is 10.1 Å². The molecule has 20 heavy (non-hydrogen) atoms. The molecule has 1 fully saturated rings. The predicted octanol–water partition coefficient (Wildman–Crippen LogP) is 3.02. The second-order valence-electron chi connectivity index (χ2n) is 5.17. The Bertz CT molecular complexity index is 422. The molecule has 112 valence electrons. The number of nitrogens with zero attached hydrogens (tertiary/aromatic N) is 1. The van der Waals surface area contributed by atoms with Gasteiger partial charge in [-0.25, -0.2) is 0 Å². The average Bonchev–Trinajstić information content (AvgIpc) is 2.47. The molecule has 0 aliphatic carbocycles. The van der Waals surface area contributed by atoms with Crippen molar-refractivity contribution in [3.05, 3.63) is 33.8 Å². The fraction of sp³-hybridized carbons (Fsp3) is 0.600. The second-order valence-corrected chi connectivity index (χ2v) is 5.99. The van der Waals surface area contributed by atoms with Crippen LogP contribution in [0.15, 0.2) is 18.2 Å². The highest BCUT2D eigenvalue weighted by Gasteiger charge is 2.16. The monoisotopic (exact) mass is 316 g/mol. The fourth-order valence-electron chi connectivity index (χ4n) is 2.56. The number of halogens is 2. The highest BCUT2D eigenvalue weighted by molar-refractivity contribution is 6.42. The highest BCUT2D eigenvalue weighted by Crippen LogP contribution is 2.28. The van der Waals surface area contributed by atoms with Crippen LogP contribution in [-0.4, -0.2) is 51.3 Å². The summed E-state index contributed by atoms with van der Waals surface area (Å²) in [4.78, 5) is 2.46. The first-order valence-corrected chi connectivity index (χ1v) is 7.86. The van der Waals surface area contributed by atoms with Crippen molar-refractivity contribution in [3.8, 4) is 0 Å². The number of benzene rings is 1. The lowest BCUT2D eigenvalue weighted by Gasteiger charge is -2.28. The van der Waals surface area contributed by atoms with Crippen molar-refractivity contribution in [1.29, 1.82) is 0 Å². The van der Waals surface area contributed by atoms with Gasteiger partial charge in [0.05, 0.1) is 23.3 Å². The molecule has 2 rings (SSSR count). The lowest BCUT2D eigenvalue weighted by Crippen LogP contribution is -2.37. The van der Waals surface area contributed by atoms with Crippen molar-refractivity contribution < 1.29 is 4.74 Å². The van der Waals surface area contributed by atoms with Crippen LogP contribution in [0.2, 0.25) is 10.0 Å². The topological polar surface area (TPSA) is 24.5 Å². The van der Waals surface area contributed by atoms with Crippen molar-refractivity contribution in [3.63, 3.8) is 0 Å². The first-order chi connectivity index (χ1) is 9.70. The van der Waals surface area contributed by atoms with Gasteiger partial charge in [0.25, 0.3) is 0 Å². The molecule has 0 bridgehead atoms. The van der Waals surface area contributed by atoms with Gasteiger partial charge in [0.2, 0.25) is 0 Å². The summed E-state index contributed by atoms with van der Waals surface area (Å²) >= 11 is 12.1. The van der Waals surface area contributed by atoms with E-state index in [0.717, 1.165) is 45.8 Å². The minimum atomic E-state index is 0.456. The summed E-state index contributed by atoms with van der Waals surface area (Å²) in [5.41, 5.74) is 1.25. The Morgan fingerprint density at radius 2 is 2.00 bits per heavy atom. The third kappa shape index (κ3) is 4.61. The molecule has 0 spiro atoms. The molecular formula is C15H22Cl2N2O. The fourth-order valence-corrected chi connectivity index (χ4v) is 2.87. The maximum Gasteiger partial charge on any atom is 0.0595 e. The van der Waals surface area contributed by atoms with Gasteiger partial charge >= 0.3 is 0 Å². The molecule has 3 nitrogen and oxygen atoms in total. The zero-order valence-corrected chi connectivity index (χ0v) is 13.4. The molecule has 1 heterocycles. The van der Waals surface area contributed by atoms with Crippen LogP contribution < -0.4 is 5.32 Å². The quantitative estimate of drug-likeness (QED) is 0.873. The van der Waals surface area contributed by atoms with E-state index in [9.17, 15) is 0 Å². The Hall–Kier alpha value is -0.320. The summed E-state index contributed by atoms with van der Waals surface area (Å²) in [6.45, 7) is 5.81. The van der Waals surface area contributed by atoms with Crippen LogP contribution >= 0.6 is 23.2 Å². The van der Waals surface area contributed by atoms with Crippen molar-refractivity contribution >= 4 is 23.2 Å². The average molecular weight is 317 g/mol. The Balaban J connectivity index is 1.96. The predicted molar refractivity (Wildman–Crippen MR) is 85.0 cm³/mol. The normalized spacial score (nSPS) is 18.1. The Morgan fingerprint density at radius 3 is 2.65 bits per heavy atom. The molecule has 1 aromatic carbocycles. The van der Waals surface area contributed by atoms with Gasteiger partial charge in [0, 0.05) is 19.6 Å². The number of hydrogen-bond acceptors (Lipinski definition) is 3. The first kappa shape index (κ1) is 16.1. The van der Waals surface area contributed by atoms with Crippen LogP contribution in [0.4, 0.5) is 0 Å². The van der Waals surface area contributed by atoms with Gasteiger partial charge in [0.15, 0.2) is 0 Å². The molecule has 1 aliphatic rings. The highest BCUT2D eigenvalue weighted by atomic mass is 35.5. The van der Waals surface area contributed by atoms with Crippen LogP contribution in [0.5, 0.6) is 0 Å². The summed E-state index contributed by atoms with van der Waals surface area (Å²) in [6.07, 6.45) is 1.11. The number of hydrogen-bond donors (Lipinski definition) is 1. The number of morpholine rings is 1. The van der Waals surface area contributed by atoms with E-state index in [1.165, 1.54) is 5.56 Å². The maximum absolute atomic E-state index is 6.13. The summed E-state index contributed by atoms with van der Waals surface area (Å²) < 4.78 is 5.38. The van der Waals surface area contributed by atoms with E-state index in [-0.39, 0.29) is 0 Å². The standard InChI is InChI=1S/C15H22Cl2N2O/c1-18-11-13(4-5-19-6-8-20-9-7-19)12-2-3-14(16)15(17)10-12/h2-3,10,13,18H,4-9,11H2,1H3. The molecule has 0 radical (unpaired) electrons. The lowest BCUT2D eigenvalue weighted by atomic mass is 9.95. The smallest absolute Gasteiger partial charge is 0.0595 e. The van der Waals surface area contributed by atoms with Crippen molar-refractivity contribution in [2.24, 2.45) is 0 Å². The molecule has 0 amide bonds. The molecule has 5 heteroatoms. The number of ether oxygens (including phenoxy) is 1. The van der Waals surface area contributed by atoms with Crippen LogP contribution in [-0.2, 0) is 4.74 Å². The summed E-state index contributed by atoms with van der Waals surface area (Å²) in [7, 11) is 1.99. The lowest BCUT2D eigenvalue weighted by molar-refractivity contribution is 0.0366. The van der Waals surface area contributed by atoms with Crippen LogP contribution in [0.1, 0.15) is 17.9 Å². The van der Waals surface area contributed by atoms with Gasteiger partial charge in [-0.05, 0) is 43.6 Å². The Kier molecular flexibility index (Phi) is 6.59. The number of nitrogens with one attached hydrogen (secondary N) is 1. The van der Waals surface area contributed by atoms with E-state index in [4.69, 9.17) is 27.9 Å². The maximum atomic E-state index is 6.13. The summed E-state index contributed by atoms with van der Waals surface area (Å²) in [6, 6.07) is 5.96. The minimum Gasteiger partial charge on any atom is -0.379 e. The van der Waals surface area contributed by atoms with E-state index in [1.54, 1.807) is 0 Å². The largest absolute Gasteiger partial charge is 0.379 e. The van der Waals surface area contributed by atoms with E-state index in [1.807, 2.05) is 19.2 Å². The van der Waals surface area contributed by atoms with Crippen LogP contribution in [0, 0.1) is 0 Å². The van der Waals surface area contributed by atoms with Gasteiger partial charge in [-0.2, -0.15) is 0 Å². The molecule has 0 saturated carbocycles. The second kappa shape index (κ2) is 8.20. The first-order valence-electron chi connectivity index (χ1n) is 7.10. The molecule has 1 aromatic rings.